The average molecular weight is 1500 g/mol. The lowest BCUT2D eigenvalue weighted by Gasteiger charge is -2.33. The van der Waals surface area contributed by atoms with Crippen molar-refractivity contribution in [3.8, 4) is 57.1 Å². The second kappa shape index (κ2) is 31.8. The van der Waals surface area contributed by atoms with Crippen molar-refractivity contribution in [3.63, 3.8) is 0 Å². The van der Waals surface area contributed by atoms with Crippen LogP contribution in [-0.4, -0.2) is 21.4 Å². The summed E-state index contributed by atoms with van der Waals surface area (Å²) in [6.45, 7) is 39.1. The second-order valence-electron chi connectivity index (χ2n) is 31.9. The number of phenolic OH excluding ortho intramolecular Hbond substituents is 2. The SMILES string of the molecule is Cc1cc(C(C)(C)Oc2c(C)cc(-c3cc(C)c(OC(C)(C)c4cc(C)c(OC(C)(C)Cc5ccc(COc6ccc(O)cc6P(=O)(c6ccccc6)c6ccccc6)cc5)c(C)c4)c(C)c3C)c(C)c2C)cc(C)c1OC(C)(C)Cc1ccc(COc2ccc(O)c(P(=O)(c3ccccc3)c3ccccc3)c2)cc1. The summed E-state index contributed by atoms with van der Waals surface area (Å²) in [7, 11) is -6.85. The van der Waals surface area contributed by atoms with Gasteiger partial charge in [0.15, 0.2) is 14.3 Å². The maximum Gasteiger partial charge on any atom is 0.174 e. The van der Waals surface area contributed by atoms with Crippen molar-refractivity contribution in [2.45, 2.75) is 173 Å². The molecule has 0 fully saturated rings. The number of rotatable bonds is 27. The van der Waals surface area contributed by atoms with E-state index in [1.54, 1.807) is 36.4 Å². The Bertz CT molecular complexity index is 5300. The summed E-state index contributed by atoms with van der Waals surface area (Å²) in [5, 5.41) is 25.3. The van der Waals surface area contributed by atoms with Gasteiger partial charge in [-0.2, -0.15) is 0 Å². The maximum absolute atomic E-state index is 15.3. The van der Waals surface area contributed by atoms with Crippen LogP contribution in [0.4, 0.5) is 0 Å². The van der Waals surface area contributed by atoms with Gasteiger partial charge in [-0.05, 0) is 298 Å². The number of aryl methyl sites for hydroxylation is 6. The molecule has 0 saturated carbocycles. The Labute approximate surface area is 651 Å². The summed E-state index contributed by atoms with van der Waals surface area (Å²) in [5.41, 5.74) is 16.9. The van der Waals surface area contributed by atoms with Crippen LogP contribution in [0.15, 0.2) is 243 Å². The van der Waals surface area contributed by atoms with Crippen LogP contribution in [-0.2, 0) is 46.4 Å². The van der Waals surface area contributed by atoms with Crippen LogP contribution in [0.3, 0.4) is 0 Å². The molecule has 0 radical (unpaired) electrons. The Hall–Kier alpha value is -10.5. The number of hydrogen-bond acceptors (Lipinski definition) is 10. The molecule has 12 heteroatoms. The van der Waals surface area contributed by atoms with Crippen LogP contribution in [0, 0.1) is 69.2 Å². The lowest BCUT2D eigenvalue weighted by Crippen LogP contribution is -2.32. The number of ether oxygens (including phenoxy) is 6. The number of hydrogen-bond donors (Lipinski definition) is 2. The molecule has 12 aromatic rings. The summed E-state index contributed by atoms with van der Waals surface area (Å²) in [6.07, 6.45) is 1.33. The van der Waals surface area contributed by atoms with E-state index in [9.17, 15) is 10.2 Å². The van der Waals surface area contributed by atoms with Gasteiger partial charge in [0.1, 0.15) is 81.6 Å². The van der Waals surface area contributed by atoms with Crippen molar-refractivity contribution < 1.29 is 47.8 Å². The molecule has 0 amide bonds. The van der Waals surface area contributed by atoms with Gasteiger partial charge in [-0.3, -0.25) is 0 Å². The predicted octanol–water partition coefficient (Wildman–Crippen LogP) is 21.7. The third-order valence-corrected chi connectivity index (χ3v) is 27.4. The normalized spacial score (nSPS) is 12.2. The van der Waals surface area contributed by atoms with Gasteiger partial charge >= 0.3 is 0 Å². The fraction of sp³-hybridized carbons (Fsp3) is 0.265. The minimum absolute atomic E-state index is 0.0189. The maximum atomic E-state index is 15.3. The monoisotopic (exact) mass is 1500 g/mol. The molecule has 0 aliphatic carbocycles. The standard InChI is InChI=1S/C98H104O10P2/c1-63-51-77(52-64(2)91(63)105-95(11,12)59-73-39-43-75(44-40-73)61-103-80-48-49-87(100)89(58-80)109(101,81-31-23-19-24-32-81)82-33-25-20-26-34-82)97(15,16)107-93-67(5)55-85(69(7)71(93)9)86-56-68(6)94(72(10)70(86)8)108-98(17,18)78-53-65(3)92(66(4)54-78)106-96(13,14)60-74-41-45-76(46-42-74)62-104-88-50-47-79(99)57-90(88)110(102,83-35-27-21-28-36-83)84-37-29-22-30-38-84/h19-58,99-100H,59-62H2,1-18H3. The van der Waals surface area contributed by atoms with Crippen LogP contribution < -0.4 is 60.2 Å². The molecule has 0 aromatic heterocycles. The van der Waals surface area contributed by atoms with Crippen molar-refractivity contribution in [2.75, 3.05) is 0 Å². The molecule has 0 aliphatic heterocycles. The van der Waals surface area contributed by atoms with Gasteiger partial charge in [-0.15, -0.1) is 0 Å². The fourth-order valence-corrected chi connectivity index (χ4v) is 20.7. The highest BCUT2D eigenvalue weighted by Crippen LogP contribution is 2.49. The van der Waals surface area contributed by atoms with Crippen LogP contribution >= 0.6 is 14.3 Å². The molecule has 0 bridgehead atoms. The van der Waals surface area contributed by atoms with E-state index in [-0.39, 0.29) is 24.7 Å². The van der Waals surface area contributed by atoms with Crippen molar-refractivity contribution in [1.82, 2.24) is 0 Å². The first-order chi connectivity index (χ1) is 52.1. The third kappa shape index (κ3) is 16.9. The van der Waals surface area contributed by atoms with Gasteiger partial charge in [0.2, 0.25) is 0 Å². The van der Waals surface area contributed by atoms with E-state index in [1.807, 2.05) is 121 Å². The smallest absolute Gasteiger partial charge is 0.174 e. The fourth-order valence-electron chi connectivity index (χ4n) is 15.1. The van der Waals surface area contributed by atoms with E-state index in [0.29, 0.717) is 56.2 Å². The zero-order valence-corrected chi connectivity index (χ0v) is 68.8. The Kier molecular flexibility index (Phi) is 22.9. The van der Waals surface area contributed by atoms with Gasteiger partial charge in [0.05, 0.1) is 10.6 Å². The molecule has 2 N–H and O–H groups in total. The van der Waals surface area contributed by atoms with E-state index >= 15 is 9.13 Å². The lowest BCUT2D eigenvalue weighted by atomic mass is 9.87. The van der Waals surface area contributed by atoms with Gasteiger partial charge < -0.3 is 47.8 Å². The van der Waals surface area contributed by atoms with Gasteiger partial charge in [0.25, 0.3) is 0 Å². The summed E-state index contributed by atoms with van der Waals surface area (Å²) < 4.78 is 71.4. The molecule has 0 atom stereocenters. The van der Waals surface area contributed by atoms with E-state index in [1.165, 1.54) is 11.1 Å². The topological polar surface area (TPSA) is 130 Å². The summed E-state index contributed by atoms with van der Waals surface area (Å²) >= 11 is 0. The van der Waals surface area contributed by atoms with Crippen molar-refractivity contribution in [3.05, 3.63) is 332 Å². The molecule has 110 heavy (non-hydrogen) atoms. The predicted molar refractivity (Wildman–Crippen MR) is 453 cm³/mol. The van der Waals surface area contributed by atoms with Gasteiger partial charge in [0, 0.05) is 34.1 Å². The van der Waals surface area contributed by atoms with Crippen molar-refractivity contribution in [2.24, 2.45) is 0 Å². The molecule has 566 valence electrons. The number of benzene rings is 12. The largest absolute Gasteiger partial charge is 0.508 e. The average Bonchev–Trinajstić information content (AvgIpc) is 0.769. The van der Waals surface area contributed by atoms with Crippen LogP contribution in [0.5, 0.6) is 46.0 Å². The first-order valence-corrected chi connectivity index (χ1v) is 41.3. The molecular formula is C98H104O10P2. The summed E-state index contributed by atoms with van der Waals surface area (Å²) in [4.78, 5) is 0. The quantitative estimate of drug-likeness (QED) is 0.0480. The zero-order chi connectivity index (χ0) is 78.8. The first-order valence-electron chi connectivity index (χ1n) is 37.9. The second-order valence-corrected chi connectivity index (χ2v) is 37.4. The third-order valence-electron chi connectivity index (χ3n) is 21.3. The van der Waals surface area contributed by atoms with Crippen molar-refractivity contribution in [1.29, 1.82) is 0 Å². The van der Waals surface area contributed by atoms with Gasteiger partial charge in [-0.25, -0.2) is 0 Å². The molecule has 0 saturated heterocycles. The summed E-state index contributed by atoms with van der Waals surface area (Å²) in [6, 6.07) is 77.4. The summed E-state index contributed by atoms with van der Waals surface area (Å²) in [5.74, 6) is 4.42. The van der Waals surface area contributed by atoms with Crippen LogP contribution in [0.1, 0.15) is 144 Å². The van der Waals surface area contributed by atoms with E-state index in [0.717, 1.165) is 112 Å². The molecule has 12 rings (SSSR count). The minimum atomic E-state index is -3.42. The number of aromatic hydroxyl groups is 2. The molecule has 0 unspecified atom stereocenters. The highest BCUT2D eigenvalue weighted by molar-refractivity contribution is 7.86. The highest BCUT2D eigenvalue weighted by Gasteiger charge is 2.37. The van der Waals surface area contributed by atoms with Gasteiger partial charge in [-0.1, -0.05) is 170 Å². The zero-order valence-electron chi connectivity index (χ0n) is 67.0. The van der Waals surface area contributed by atoms with Crippen LogP contribution in [0.25, 0.3) is 11.1 Å². The van der Waals surface area contributed by atoms with E-state index in [2.05, 4.69) is 210 Å². The molecule has 12 aromatic carbocycles. The Morgan fingerprint density at radius 1 is 0.318 bits per heavy atom. The van der Waals surface area contributed by atoms with Crippen molar-refractivity contribution >= 4 is 46.1 Å². The van der Waals surface area contributed by atoms with Crippen LogP contribution in [0.2, 0.25) is 0 Å². The molecule has 0 aliphatic rings. The Morgan fingerprint density at radius 2 is 0.655 bits per heavy atom. The minimum Gasteiger partial charge on any atom is -0.508 e. The Balaban J connectivity index is 0.667. The molecular weight excluding hydrogens is 1400 g/mol. The molecule has 0 spiro atoms. The molecule has 10 nitrogen and oxygen atoms in total. The number of phenols is 2. The van der Waals surface area contributed by atoms with E-state index in [4.69, 9.17) is 28.4 Å². The first kappa shape index (κ1) is 79.1. The highest BCUT2D eigenvalue weighted by atomic mass is 31.2. The molecule has 0 heterocycles. The Morgan fingerprint density at radius 3 is 1.03 bits per heavy atom. The van der Waals surface area contributed by atoms with E-state index < -0.39 is 36.7 Å². The lowest BCUT2D eigenvalue weighted by molar-refractivity contribution is 0.102.